The third-order valence-corrected chi connectivity index (χ3v) is 6.15. The lowest BCUT2D eigenvalue weighted by Gasteiger charge is -2.07. The number of aromatic nitrogens is 2. The van der Waals surface area contributed by atoms with Crippen LogP contribution in [-0.2, 0) is 16.2 Å². The van der Waals surface area contributed by atoms with Crippen LogP contribution in [0.2, 0.25) is 0 Å². The third-order valence-electron chi connectivity index (χ3n) is 4.39. The Morgan fingerprint density at radius 2 is 1.69 bits per heavy atom. The maximum Gasteiger partial charge on any atom is 0.435 e. The van der Waals surface area contributed by atoms with Crippen molar-refractivity contribution in [2.45, 2.75) is 6.18 Å². The fraction of sp³-hybridized carbons (Fsp3) is 0.0952. The van der Waals surface area contributed by atoms with Crippen molar-refractivity contribution in [3.63, 3.8) is 0 Å². The number of hydrogen-bond acceptors (Lipinski definition) is 4. The fourth-order valence-corrected chi connectivity index (χ4v) is 4.64. The average Bonchev–Trinajstić information content (AvgIpc) is 3.34. The molecule has 5 nitrogen and oxygen atoms in total. The zero-order valence-electron chi connectivity index (χ0n) is 16.4. The van der Waals surface area contributed by atoms with Gasteiger partial charge in [0.25, 0.3) is 0 Å². The first kappa shape index (κ1) is 22.0. The van der Waals surface area contributed by atoms with Gasteiger partial charge in [0, 0.05) is 10.6 Å². The smallest absolute Gasteiger partial charge is 0.284 e. The van der Waals surface area contributed by atoms with E-state index in [4.69, 9.17) is 0 Å². The predicted octanol–water partition coefficient (Wildman–Crippen LogP) is 5.80. The summed E-state index contributed by atoms with van der Waals surface area (Å²) in [6, 6.07) is 16.2. The second kappa shape index (κ2) is 8.06. The van der Waals surface area contributed by atoms with Gasteiger partial charge in [-0.05, 0) is 48.0 Å². The standard InChI is InChI=1S/C21H15F4N3O2S2/c1-32(29,30)27-14-6-4-5-13(11-14)18-9-10-19(31-18)17-12-20(21(23,24)25)26-28(17)16-8-3-2-7-15(16)22/h2-12,27H,1H3. The molecule has 0 bridgehead atoms. The van der Waals surface area contributed by atoms with Crippen molar-refractivity contribution in [2.75, 3.05) is 11.0 Å². The third kappa shape index (κ3) is 4.68. The molecule has 0 aliphatic carbocycles. The Balaban J connectivity index is 1.79. The second-order valence-corrected chi connectivity index (χ2v) is 9.73. The molecule has 166 valence electrons. The molecule has 0 saturated carbocycles. The van der Waals surface area contributed by atoms with Crippen LogP contribution in [0.5, 0.6) is 0 Å². The quantitative estimate of drug-likeness (QED) is 0.367. The molecule has 0 spiro atoms. The summed E-state index contributed by atoms with van der Waals surface area (Å²) in [5, 5.41) is 3.61. The van der Waals surface area contributed by atoms with Crippen LogP contribution in [0.4, 0.5) is 23.2 Å². The number of nitrogens with zero attached hydrogens (tertiary/aromatic N) is 2. The van der Waals surface area contributed by atoms with Gasteiger partial charge < -0.3 is 0 Å². The predicted molar refractivity (Wildman–Crippen MR) is 116 cm³/mol. The molecule has 0 unspecified atom stereocenters. The normalized spacial score (nSPS) is 12.2. The average molecular weight is 481 g/mol. The molecule has 0 fully saturated rings. The first-order valence-electron chi connectivity index (χ1n) is 9.12. The van der Waals surface area contributed by atoms with Crippen LogP contribution in [0.15, 0.2) is 66.7 Å². The van der Waals surface area contributed by atoms with E-state index in [1.54, 1.807) is 36.4 Å². The molecule has 2 aromatic heterocycles. The number of rotatable bonds is 5. The summed E-state index contributed by atoms with van der Waals surface area (Å²) >= 11 is 1.18. The van der Waals surface area contributed by atoms with Crippen LogP contribution < -0.4 is 4.72 Å². The molecule has 4 aromatic rings. The zero-order chi connectivity index (χ0) is 23.1. The van der Waals surface area contributed by atoms with E-state index >= 15 is 0 Å². The molecule has 32 heavy (non-hydrogen) atoms. The molecule has 11 heteroatoms. The number of hydrogen-bond donors (Lipinski definition) is 1. The Morgan fingerprint density at radius 1 is 0.969 bits per heavy atom. The highest BCUT2D eigenvalue weighted by Crippen LogP contribution is 2.39. The highest BCUT2D eigenvalue weighted by atomic mass is 32.2. The summed E-state index contributed by atoms with van der Waals surface area (Å²) in [5.41, 5.74) is -0.125. The van der Waals surface area contributed by atoms with Gasteiger partial charge >= 0.3 is 6.18 Å². The van der Waals surface area contributed by atoms with Crippen molar-refractivity contribution in [1.82, 2.24) is 9.78 Å². The number of sulfonamides is 1. The minimum Gasteiger partial charge on any atom is -0.284 e. The van der Waals surface area contributed by atoms with E-state index in [0.29, 0.717) is 21.0 Å². The van der Waals surface area contributed by atoms with Crippen LogP contribution in [0.3, 0.4) is 0 Å². The monoisotopic (exact) mass is 481 g/mol. The molecule has 0 atom stereocenters. The van der Waals surface area contributed by atoms with E-state index in [2.05, 4.69) is 9.82 Å². The highest BCUT2D eigenvalue weighted by Gasteiger charge is 2.35. The van der Waals surface area contributed by atoms with Gasteiger partial charge in [-0.2, -0.15) is 18.3 Å². The number of alkyl halides is 3. The van der Waals surface area contributed by atoms with Crippen LogP contribution in [0, 0.1) is 5.82 Å². The van der Waals surface area contributed by atoms with E-state index < -0.39 is 27.7 Å². The Kier molecular flexibility index (Phi) is 5.55. The van der Waals surface area contributed by atoms with Crippen molar-refractivity contribution in [3.05, 3.63) is 78.2 Å². The largest absolute Gasteiger partial charge is 0.435 e. The molecular formula is C21H15F4N3O2S2. The Labute approximate surface area is 185 Å². The van der Waals surface area contributed by atoms with E-state index in [9.17, 15) is 26.0 Å². The molecule has 0 aliphatic heterocycles. The zero-order valence-corrected chi connectivity index (χ0v) is 18.0. The minimum atomic E-state index is -4.70. The lowest BCUT2D eigenvalue weighted by molar-refractivity contribution is -0.141. The van der Waals surface area contributed by atoms with Crippen molar-refractivity contribution in [3.8, 4) is 26.7 Å². The van der Waals surface area contributed by atoms with Crippen LogP contribution >= 0.6 is 11.3 Å². The molecule has 0 radical (unpaired) electrons. The summed E-state index contributed by atoms with van der Waals surface area (Å²) in [6.45, 7) is 0. The first-order valence-corrected chi connectivity index (χ1v) is 11.8. The second-order valence-electron chi connectivity index (χ2n) is 6.89. The Hall–Kier alpha value is -3.18. The number of anilines is 1. The number of nitrogens with one attached hydrogen (secondary N) is 1. The van der Waals surface area contributed by atoms with Crippen LogP contribution in [0.1, 0.15) is 5.69 Å². The van der Waals surface area contributed by atoms with Gasteiger partial charge in [-0.1, -0.05) is 24.3 Å². The van der Waals surface area contributed by atoms with Crippen molar-refractivity contribution < 1.29 is 26.0 Å². The maximum absolute atomic E-state index is 14.3. The number of para-hydroxylation sites is 1. The topological polar surface area (TPSA) is 64.0 Å². The van der Waals surface area contributed by atoms with Crippen LogP contribution in [-0.4, -0.2) is 24.5 Å². The number of thiophene rings is 1. The SMILES string of the molecule is CS(=O)(=O)Nc1cccc(-c2ccc(-c3cc(C(F)(F)F)nn3-c3ccccc3F)s2)c1. The summed E-state index contributed by atoms with van der Waals surface area (Å²) < 4.78 is 80.6. The van der Waals surface area contributed by atoms with Crippen molar-refractivity contribution in [2.24, 2.45) is 0 Å². The van der Waals surface area contributed by atoms with E-state index in [1.807, 2.05) is 0 Å². The lowest BCUT2D eigenvalue weighted by Crippen LogP contribution is -2.09. The van der Waals surface area contributed by atoms with Gasteiger partial charge in [-0.25, -0.2) is 17.5 Å². The van der Waals surface area contributed by atoms with Gasteiger partial charge in [0.15, 0.2) is 5.69 Å². The summed E-state index contributed by atoms with van der Waals surface area (Å²) in [4.78, 5) is 1.12. The number of halogens is 4. The van der Waals surface area contributed by atoms with Crippen molar-refractivity contribution >= 4 is 27.0 Å². The molecule has 2 aromatic carbocycles. The molecule has 0 amide bonds. The number of benzene rings is 2. The van der Waals surface area contributed by atoms with Crippen molar-refractivity contribution in [1.29, 1.82) is 0 Å². The van der Waals surface area contributed by atoms with Gasteiger partial charge in [0.05, 0.1) is 16.8 Å². The molecule has 2 heterocycles. The lowest BCUT2D eigenvalue weighted by atomic mass is 10.1. The molecular weight excluding hydrogens is 466 g/mol. The molecule has 1 N–H and O–H groups in total. The summed E-state index contributed by atoms with van der Waals surface area (Å²) in [5.74, 6) is -0.707. The minimum absolute atomic E-state index is 0.0871. The molecule has 4 rings (SSSR count). The van der Waals surface area contributed by atoms with Gasteiger partial charge in [0.1, 0.15) is 11.5 Å². The maximum atomic E-state index is 14.3. The van der Waals surface area contributed by atoms with E-state index in [1.165, 1.54) is 29.5 Å². The van der Waals surface area contributed by atoms with Gasteiger partial charge in [-0.15, -0.1) is 11.3 Å². The van der Waals surface area contributed by atoms with E-state index in [-0.39, 0.29) is 11.4 Å². The fourth-order valence-electron chi connectivity index (χ4n) is 3.08. The molecule has 0 aliphatic rings. The summed E-state index contributed by atoms with van der Waals surface area (Å²) in [6.07, 6.45) is -3.66. The van der Waals surface area contributed by atoms with E-state index in [0.717, 1.165) is 23.1 Å². The Morgan fingerprint density at radius 3 is 2.38 bits per heavy atom. The molecule has 0 saturated heterocycles. The van der Waals surface area contributed by atoms with Crippen LogP contribution in [0.25, 0.3) is 26.7 Å². The van der Waals surface area contributed by atoms with Gasteiger partial charge in [-0.3, -0.25) is 4.72 Å². The highest BCUT2D eigenvalue weighted by molar-refractivity contribution is 7.92. The Bertz CT molecular complexity index is 1390. The first-order chi connectivity index (χ1) is 15.0. The summed E-state index contributed by atoms with van der Waals surface area (Å²) in [7, 11) is -3.47. The van der Waals surface area contributed by atoms with Gasteiger partial charge in [0.2, 0.25) is 10.0 Å².